The molecule has 11 heavy (non-hydrogen) atoms. The molecular formula is C9H15NO. The van der Waals surface area contributed by atoms with E-state index >= 15 is 0 Å². The zero-order chi connectivity index (χ0) is 8.69. The Hall–Kier alpha value is -0.840. The van der Waals surface area contributed by atoms with E-state index in [-0.39, 0.29) is 5.78 Å². The number of hydrogen-bond acceptors (Lipinski definition) is 2. The lowest BCUT2D eigenvalue weighted by molar-refractivity contribution is -0.117. The van der Waals surface area contributed by atoms with Crippen molar-refractivity contribution < 1.29 is 4.79 Å². The highest BCUT2D eigenvalue weighted by molar-refractivity contribution is 5.75. The van der Waals surface area contributed by atoms with Crippen molar-refractivity contribution in [1.82, 2.24) is 0 Å². The van der Waals surface area contributed by atoms with E-state index in [9.17, 15) is 4.79 Å². The largest absolute Gasteiger partial charge is 0.300 e. The van der Waals surface area contributed by atoms with Crippen LogP contribution in [0.5, 0.6) is 0 Å². The number of Topliss-reactive ketones (excluding diaryl/α,β-unsaturated/α-hetero) is 1. The van der Waals surface area contributed by atoms with Crippen molar-refractivity contribution in [2.75, 3.05) is 0 Å². The molecule has 0 aliphatic carbocycles. The van der Waals surface area contributed by atoms with Gasteiger partial charge in [-0.1, -0.05) is 6.92 Å². The van der Waals surface area contributed by atoms with Gasteiger partial charge < -0.3 is 4.79 Å². The van der Waals surface area contributed by atoms with Gasteiger partial charge >= 0.3 is 0 Å². The molecule has 1 unspecified atom stereocenters. The minimum Gasteiger partial charge on any atom is -0.300 e. The lowest BCUT2D eigenvalue weighted by Gasteiger charge is -2.03. The fraction of sp³-hybridized carbons (Fsp3) is 0.778. The van der Waals surface area contributed by atoms with Crippen LogP contribution in [0.3, 0.4) is 0 Å². The molecule has 0 aromatic heterocycles. The molecule has 0 radical (unpaired) electrons. The maximum Gasteiger partial charge on any atom is 0.129 e. The molecule has 0 aromatic carbocycles. The first-order valence-corrected chi connectivity index (χ1v) is 4.03. The zero-order valence-electron chi connectivity index (χ0n) is 7.26. The van der Waals surface area contributed by atoms with Gasteiger partial charge in [-0.15, -0.1) is 0 Å². The van der Waals surface area contributed by atoms with E-state index in [0.717, 1.165) is 12.8 Å². The van der Waals surface area contributed by atoms with Gasteiger partial charge in [-0.3, -0.25) is 0 Å². The molecule has 2 heteroatoms. The van der Waals surface area contributed by atoms with Gasteiger partial charge in [0.1, 0.15) is 5.78 Å². The summed E-state index contributed by atoms with van der Waals surface area (Å²) < 4.78 is 0. The highest BCUT2D eigenvalue weighted by Gasteiger charge is 2.01. The summed E-state index contributed by atoms with van der Waals surface area (Å²) in [6.45, 7) is 3.65. The van der Waals surface area contributed by atoms with Gasteiger partial charge in [0, 0.05) is 12.8 Å². The maximum atomic E-state index is 10.5. The fourth-order valence-electron chi connectivity index (χ4n) is 0.957. The number of hydrogen-bond donors (Lipinski definition) is 0. The molecule has 0 aliphatic heterocycles. The molecule has 0 aliphatic rings. The Kier molecular flexibility index (Phi) is 5.46. The summed E-state index contributed by atoms with van der Waals surface area (Å²) in [4.78, 5) is 10.5. The van der Waals surface area contributed by atoms with Crippen molar-refractivity contribution in [1.29, 1.82) is 5.26 Å². The van der Waals surface area contributed by atoms with Crippen LogP contribution >= 0.6 is 0 Å². The van der Waals surface area contributed by atoms with Gasteiger partial charge in [-0.2, -0.15) is 5.26 Å². The summed E-state index contributed by atoms with van der Waals surface area (Å²) in [6, 6.07) is 2.12. The van der Waals surface area contributed by atoms with E-state index < -0.39 is 0 Å². The Morgan fingerprint density at radius 1 is 1.64 bits per heavy atom. The minimum atomic E-state index is 0.245. The Balaban J connectivity index is 3.25. The Bertz CT molecular complexity index is 157. The molecule has 0 fully saturated rings. The first kappa shape index (κ1) is 10.2. The van der Waals surface area contributed by atoms with Gasteiger partial charge in [-0.25, -0.2) is 0 Å². The molecule has 0 N–H and O–H groups in total. The summed E-state index contributed by atoms with van der Waals surface area (Å²) in [5.41, 5.74) is 0. The summed E-state index contributed by atoms with van der Waals surface area (Å²) in [5, 5.41) is 8.33. The molecule has 0 spiro atoms. The second kappa shape index (κ2) is 5.91. The predicted molar refractivity (Wildman–Crippen MR) is 43.9 cm³/mol. The number of carbonyl (C=O) groups is 1. The number of rotatable bonds is 5. The molecule has 0 aromatic rings. The standard InChI is InChI=1S/C9H15NO/c1-8(6-7-10)4-3-5-9(2)11/h8H,3-6H2,1-2H3. The van der Waals surface area contributed by atoms with E-state index in [0.29, 0.717) is 18.8 Å². The molecule has 62 valence electrons. The van der Waals surface area contributed by atoms with Gasteiger partial charge in [-0.05, 0) is 25.7 Å². The SMILES string of the molecule is CC(=O)CCCC(C)CC#N. The molecule has 2 nitrogen and oxygen atoms in total. The normalized spacial score (nSPS) is 12.1. The zero-order valence-corrected chi connectivity index (χ0v) is 7.26. The predicted octanol–water partition coefficient (Wildman–Crippen LogP) is 2.30. The maximum absolute atomic E-state index is 10.5. The van der Waals surface area contributed by atoms with Crippen molar-refractivity contribution in [2.24, 2.45) is 5.92 Å². The van der Waals surface area contributed by atoms with E-state index in [1.807, 2.05) is 6.92 Å². The summed E-state index contributed by atoms with van der Waals surface area (Å²) >= 11 is 0. The van der Waals surface area contributed by atoms with Crippen LogP contribution in [-0.2, 0) is 4.79 Å². The molecular weight excluding hydrogens is 138 g/mol. The highest BCUT2D eigenvalue weighted by Crippen LogP contribution is 2.10. The van der Waals surface area contributed by atoms with E-state index in [4.69, 9.17) is 5.26 Å². The number of carbonyl (C=O) groups excluding carboxylic acids is 1. The molecule has 1 atom stereocenters. The van der Waals surface area contributed by atoms with Gasteiger partial charge in [0.05, 0.1) is 6.07 Å². The molecule has 0 rings (SSSR count). The molecule has 0 saturated heterocycles. The van der Waals surface area contributed by atoms with Crippen molar-refractivity contribution >= 4 is 5.78 Å². The summed E-state index contributed by atoms with van der Waals surface area (Å²) in [6.07, 6.45) is 3.19. The molecule has 0 amide bonds. The smallest absolute Gasteiger partial charge is 0.129 e. The van der Waals surface area contributed by atoms with Crippen LogP contribution in [0.4, 0.5) is 0 Å². The first-order chi connectivity index (χ1) is 5.16. The van der Waals surface area contributed by atoms with Gasteiger partial charge in [0.25, 0.3) is 0 Å². The second-order valence-corrected chi connectivity index (χ2v) is 3.06. The average molecular weight is 153 g/mol. The Morgan fingerprint density at radius 2 is 2.27 bits per heavy atom. The monoisotopic (exact) mass is 153 g/mol. The minimum absolute atomic E-state index is 0.245. The Morgan fingerprint density at radius 3 is 2.73 bits per heavy atom. The van der Waals surface area contributed by atoms with Crippen LogP contribution in [0, 0.1) is 17.2 Å². The van der Waals surface area contributed by atoms with Crippen molar-refractivity contribution in [3.8, 4) is 6.07 Å². The molecule has 0 saturated carbocycles. The van der Waals surface area contributed by atoms with Crippen LogP contribution in [0.25, 0.3) is 0 Å². The highest BCUT2D eigenvalue weighted by atomic mass is 16.1. The molecule has 0 bridgehead atoms. The topological polar surface area (TPSA) is 40.9 Å². The fourth-order valence-corrected chi connectivity index (χ4v) is 0.957. The quantitative estimate of drug-likeness (QED) is 0.608. The number of ketones is 1. The third kappa shape index (κ3) is 7.05. The van der Waals surface area contributed by atoms with Crippen LogP contribution in [0.15, 0.2) is 0 Å². The van der Waals surface area contributed by atoms with Crippen molar-refractivity contribution in [3.05, 3.63) is 0 Å². The molecule has 0 heterocycles. The van der Waals surface area contributed by atoms with Crippen LogP contribution in [0.2, 0.25) is 0 Å². The first-order valence-electron chi connectivity index (χ1n) is 4.03. The van der Waals surface area contributed by atoms with Crippen LogP contribution in [0.1, 0.15) is 39.5 Å². The van der Waals surface area contributed by atoms with Gasteiger partial charge in [0.15, 0.2) is 0 Å². The van der Waals surface area contributed by atoms with E-state index in [1.54, 1.807) is 6.92 Å². The van der Waals surface area contributed by atoms with Crippen LogP contribution < -0.4 is 0 Å². The second-order valence-electron chi connectivity index (χ2n) is 3.06. The number of nitrogens with zero attached hydrogens (tertiary/aromatic N) is 1. The van der Waals surface area contributed by atoms with Crippen molar-refractivity contribution in [2.45, 2.75) is 39.5 Å². The van der Waals surface area contributed by atoms with Crippen LogP contribution in [-0.4, -0.2) is 5.78 Å². The summed E-state index contributed by atoms with van der Waals surface area (Å²) in [7, 11) is 0. The van der Waals surface area contributed by atoms with Gasteiger partial charge in [0.2, 0.25) is 0 Å². The number of nitriles is 1. The lowest BCUT2D eigenvalue weighted by Crippen LogP contribution is -1.95. The summed E-state index contributed by atoms with van der Waals surface area (Å²) in [5.74, 6) is 0.688. The third-order valence-electron chi connectivity index (χ3n) is 1.67. The third-order valence-corrected chi connectivity index (χ3v) is 1.67. The van der Waals surface area contributed by atoms with Crippen molar-refractivity contribution in [3.63, 3.8) is 0 Å². The van der Waals surface area contributed by atoms with E-state index in [1.165, 1.54) is 0 Å². The lowest BCUT2D eigenvalue weighted by atomic mass is 10.0. The average Bonchev–Trinajstić information content (AvgIpc) is 1.87. The Labute approximate surface area is 68.2 Å². The van der Waals surface area contributed by atoms with E-state index in [2.05, 4.69) is 6.07 Å².